The Morgan fingerprint density at radius 1 is 1.35 bits per heavy atom. The van der Waals surface area contributed by atoms with E-state index in [0.29, 0.717) is 19.1 Å². The predicted octanol–water partition coefficient (Wildman–Crippen LogP) is 0.152. The smallest absolute Gasteiger partial charge is 0.322 e. The number of hydrogen-bond acceptors (Lipinski definition) is 4. The molecule has 7 heteroatoms. The summed E-state index contributed by atoms with van der Waals surface area (Å²) in [5.41, 5.74) is 2.55. The average molecular weight is 316 g/mol. The number of urea groups is 1. The molecule has 2 heterocycles. The van der Waals surface area contributed by atoms with Gasteiger partial charge in [-0.2, -0.15) is 0 Å². The van der Waals surface area contributed by atoms with Crippen LogP contribution < -0.4 is 20.9 Å². The molecule has 0 saturated carbocycles. The van der Waals surface area contributed by atoms with Crippen molar-refractivity contribution in [3.63, 3.8) is 0 Å². The molecule has 0 aromatic heterocycles. The molecule has 0 aliphatic carbocycles. The van der Waals surface area contributed by atoms with Gasteiger partial charge in [0, 0.05) is 24.8 Å². The van der Waals surface area contributed by atoms with E-state index in [1.807, 2.05) is 12.1 Å². The fourth-order valence-electron chi connectivity index (χ4n) is 3.15. The molecule has 7 nitrogen and oxygen atoms in total. The van der Waals surface area contributed by atoms with Crippen LogP contribution in [0.1, 0.15) is 18.9 Å². The van der Waals surface area contributed by atoms with Crippen molar-refractivity contribution in [2.75, 3.05) is 18.0 Å². The van der Waals surface area contributed by atoms with Crippen LogP contribution in [0.15, 0.2) is 24.3 Å². The molecule has 2 atom stereocenters. The van der Waals surface area contributed by atoms with E-state index < -0.39 is 18.0 Å². The second-order valence-corrected chi connectivity index (χ2v) is 5.94. The van der Waals surface area contributed by atoms with Crippen molar-refractivity contribution < 1.29 is 14.4 Å². The molecule has 0 radical (unpaired) electrons. The van der Waals surface area contributed by atoms with Gasteiger partial charge in [0.2, 0.25) is 5.91 Å². The SMILES string of the molecule is C[C@@H]1Cc2ccccc2N1CCNC(=O)C[C@H]1NC(=O)NC1=O. The third-order valence-corrected chi connectivity index (χ3v) is 4.27. The molecule has 3 N–H and O–H groups in total. The fraction of sp³-hybridized carbons (Fsp3) is 0.438. The van der Waals surface area contributed by atoms with Crippen LogP contribution in [-0.2, 0) is 16.0 Å². The van der Waals surface area contributed by atoms with Crippen LogP contribution in [0, 0.1) is 0 Å². The van der Waals surface area contributed by atoms with Gasteiger partial charge in [-0.3, -0.25) is 14.9 Å². The summed E-state index contributed by atoms with van der Waals surface area (Å²) in [6, 6.07) is 7.38. The summed E-state index contributed by atoms with van der Waals surface area (Å²) >= 11 is 0. The number of nitrogens with one attached hydrogen (secondary N) is 3. The van der Waals surface area contributed by atoms with Gasteiger partial charge in [0.05, 0.1) is 6.42 Å². The molecular weight excluding hydrogens is 296 g/mol. The van der Waals surface area contributed by atoms with E-state index in [1.165, 1.54) is 11.3 Å². The van der Waals surface area contributed by atoms with Gasteiger partial charge >= 0.3 is 6.03 Å². The molecule has 1 saturated heterocycles. The van der Waals surface area contributed by atoms with Crippen molar-refractivity contribution >= 4 is 23.5 Å². The molecule has 23 heavy (non-hydrogen) atoms. The standard InChI is InChI=1S/C16H20N4O3/c1-10-8-11-4-2-3-5-13(11)20(10)7-6-17-14(21)9-12-15(22)19-16(23)18-12/h2-5,10,12H,6-9H2,1H3,(H,17,21)(H2,18,19,22,23)/t10-,12-/m1/s1. The third-order valence-electron chi connectivity index (χ3n) is 4.27. The largest absolute Gasteiger partial charge is 0.367 e. The highest BCUT2D eigenvalue weighted by Gasteiger charge is 2.31. The van der Waals surface area contributed by atoms with Gasteiger partial charge in [-0.1, -0.05) is 18.2 Å². The Morgan fingerprint density at radius 2 is 2.13 bits per heavy atom. The van der Waals surface area contributed by atoms with Crippen molar-refractivity contribution in [1.29, 1.82) is 0 Å². The molecule has 3 rings (SSSR count). The minimum atomic E-state index is -0.770. The summed E-state index contributed by atoms with van der Waals surface area (Å²) < 4.78 is 0. The van der Waals surface area contributed by atoms with E-state index in [2.05, 4.69) is 39.9 Å². The maximum atomic E-state index is 11.9. The Labute approximate surface area is 134 Å². The molecule has 1 aromatic rings. The summed E-state index contributed by atoms with van der Waals surface area (Å²) in [7, 11) is 0. The van der Waals surface area contributed by atoms with E-state index in [4.69, 9.17) is 0 Å². The average Bonchev–Trinajstić information content (AvgIpc) is 2.98. The van der Waals surface area contributed by atoms with Crippen LogP contribution in [0.4, 0.5) is 10.5 Å². The number of rotatable bonds is 5. The first-order valence-corrected chi connectivity index (χ1v) is 7.77. The third kappa shape index (κ3) is 3.28. The number of para-hydroxylation sites is 1. The minimum Gasteiger partial charge on any atom is -0.367 e. The summed E-state index contributed by atoms with van der Waals surface area (Å²) in [6.45, 7) is 3.38. The molecule has 0 unspecified atom stereocenters. The Morgan fingerprint density at radius 3 is 2.87 bits per heavy atom. The summed E-state index contributed by atoms with van der Waals surface area (Å²) in [5, 5.41) is 7.34. The van der Waals surface area contributed by atoms with Crippen LogP contribution in [0.2, 0.25) is 0 Å². The maximum Gasteiger partial charge on any atom is 0.322 e. The topological polar surface area (TPSA) is 90.5 Å². The first kappa shape index (κ1) is 15.3. The van der Waals surface area contributed by atoms with E-state index in [0.717, 1.165) is 6.42 Å². The number of hydrogen-bond donors (Lipinski definition) is 3. The molecule has 122 valence electrons. The van der Waals surface area contributed by atoms with Gasteiger partial charge < -0.3 is 15.5 Å². The van der Waals surface area contributed by atoms with Crippen LogP contribution in [0.25, 0.3) is 0 Å². The molecule has 0 spiro atoms. The zero-order valence-corrected chi connectivity index (χ0v) is 13.0. The molecule has 0 bridgehead atoms. The molecular formula is C16H20N4O3. The van der Waals surface area contributed by atoms with Crippen LogP contribution in [0.3, 0.4) is 0 Å². The second-order valence-electron chi connectivity index (χ2n) is 5.94. The van der Waals surface area contributed by atoms with Crippen molar-refractivity contribution in [3.05, 3.63) is 29.8 Å². The summed E-state index contributed by atoms with van der Waals surface area (Å²) in [5.74, 6) is -0.695. The number of fused-ring (bicyclic) bond motifs is 1. The van der Waals surface area contributed by atoms with Crippen molar-refractivity contribution in [2.24, 2.45) is 0 Å². The van der Waals surface area contributed by atoms with Crippen LogP contribution in [-0.4, -0.2) is 43.0 Å². The van der Waals surface area contributed by atoms with Crippen LogP contribution in [0.5, 0.6) is 0 Å². The normalized spacial score (nSPS) is 22.6. The number of amides is 4. The van der Waals surface area contributed by atoms with Gasteiger partial charge in [-0.25, -0.2) is 4.79 Å². The fourth-order valence-corrected chi connectivity index (χ4v) is 3.15. The Bertz CT molecular complexity index is 646. The van der Waals surface area contributed by atoms with E-state index >= 15 is 0 Å². The first-order chi connectivity index (χ1) is 11.0. The number of nitrogens with zero attached hydrogens (tertiary/aromatic N) is 1. The molecule has 1 fully saturated rings. The van der Waals surface area contributed by atoms with E-state index in [1.54, 1.807) is 0 Å². The Hall–Kier alpha value is -2.57. The molecule has 2 aliphatic rings. The predicted molar refractivity (Wildman–Crippen MR) is 85.0 cm³/mol. The second kappa shape index (κ2) is 6.28. The van der Waals surface area contributed by atoms with E-state index in [9.17, 15) is 14.4 Å². The lowest BCUT2D eigenvalue weighted by Crippen LogP contribution is -2.40. The molecule has 1 aromatic carbocycles. The highest BCUT2D eigenvalue weighted by molar-refractivity contribution is 6.05. The quantitative estimate of drug-likeness (QED) is 0.675. The van der Waals surface area contributed by atoms with Crippen molar-refractivity contribution in [1.82, 2.24) is 16.0 Å². The number of benzene rings is 1. The number of carbonyl (C=O) groups excluding carboxylic acids is 3. The Balaban J connectivity index is 1.47. The highest BCUT2D eigenvalue weighted by atomic mass is 16.2. The maximum absolute atomic E-state index is 11.9. The lowest BCUT2D eigenvalue weighted by molar-refractivity contribution is -0.126. The van der Waals surface area contributed by atoms with Gasteiger partial charge in [-0.05, 0) is 25.0 Å². The van der Waals surface area contributed by atoms with E-state index in [-0.39, 0.29) is 12.3 Å². The summed E-state index contributed by atoms with van der Waals surface area (Å²) in [4.78, 5) is 36.6. The first-order valence-electron chi connectivity index (χ1n) is 7.77. The number of imide groups is 1. The van der Waals surface area contributed by atoms with Gasteiger partial charge in [-0.15, -0.1) is 0 Å². The molecule has 4 amide bonds. The Kier molecular flexibility index (Phi) is 4.18. The van der Waals surface area contributed by atoms with Gasteiger partial charge in [0.25, 0.3) is 5.91 Å². The van der Waals surface area contributed by atoms with Crippen molar-refractivity contribution in [3.8, 4) is 0 Å². The van der Waals surface area contributed by atoms with Crippen LogP contribution >= 0.6 is 0 Å². The zero-order valence-electron chi connectivity index (χ0n) is 13.0. The highest BCUT2D eigenvalue weighted by Crippen LogP contribution is 2.31. The zero-order chi connectivity index (χ0) is 16.4. The van der Waals surface area contributed by atoms with Crippen molar-refractivity contribution in [2.45, 2.75) is 31.8 Å². The minimum absolute atomic E-state index is 0.0380. The van der Waals surface area contributed by atoms with Gasteiger partial charge in [0.15, 0.2) is 0 Å². The number of carbonyl (C=O) groups is 3. The summed E-state index contributed by atoms with van der Waals surface area (Å²) in [6.07, 6.45) is 0.974. The number of anilines is 1. The lowest BCUT2D eigenvalue weighted by Gasteiger charge is -2.25. The van der Waals surface area contributed by atoms with Gasteiger partial charge in [0.1, 0.15) is 6.04 Å². The lowest BCUT2D eigenvalue weighted by atomic mass is 10.1. The monoisotopic (exact) mass is 316 g/mol. The molecule has 2 aliphatic heterocycles.